The second kappa shape index (κ2) is 2.36. The maximum Gasteiger partial charge on any atom is 0.160 e. The van der Waals surface area contributed by atoms with Crippen LogP contribution in [-0.4, -0.2) is 16.5 Å². The van der Waals surface area contributed by atoms with Crippen LogP contribution in [0.3, 0.4) is 0 Å². The van der Waals surface area contributed by atoms with E-state index >= 15 is 0 Å². The summed E-state index contributed by atoms with van der Waals surface area (Å²) in [7, 11) is 0. The molecule has 1 unspecified atom stereocenters. The van der Waals surface area contributed by atoms with Crippen molar-refractivity contribution in [2.75, 3.05) is 0 Å². The van der Waals surface area contributed by atoms with Crippen molar-refractivity contribution in [1.82, 2.24) is 0 Å². The van der Waals surface area contributed by atoms with Gasteiger partial charge in [-0.05, 0) is 12.5 Å². The summed E-state index contributed by atoms with van der Waals surface area (Å²) in [6.45, 7) is 1.80. The average Bonchev–Trinajstić information content (AvgIpc) is 2.09. The lowest BCUT2D eigenvalue weighted by Crippen LogP contribution is -2.25. The lowest BCUT2D eigenvalue weighted by Gasteiger charge is -2.19. The zero-order valence-electron chi connectivity index (χ0n) is 5.72. The summed E-state index contributed by atoms with van der Waals surface area (Å²) in [6, 6.07) is 0. The molecule has 0 aliphatic heterocycles. The molecule has 0 bridgehead atoms. The fourth-order valence-electron chi connectivity index (χ4n) is 0.993. The molecule has 56 valence electrons. The molecule has 10 heavy (non-hydrogen) atoms. The van der Waals surface area contributed by atoms with Gasteiger partial charge in [-0.1, -0.05) is 18.5 Å². The molecule has 0 amide bonds. The highest BCUT2D eigenvalue weighted by Crippen LogP contribution is 2.33. The number of rotatable bonds is 1. The molecule has 2 nitrogen and oxygen atoms in total. The SMILES string of the molecule is CCC1(O)CC(=O)C=C1Cl. The summed E-state index contributed by atoms with van der Waals surface area (Å²) in [6.07, 6.45) is 1.93. The number of carbonyl (C=O) groups is 1. The van der Waals surface area contributed by atoms with Crippen LogP contribution in [0.1, 0.15) is 19.8 Å². The summed E-state index contributed by atoms with van der Waals surface area (Å²) in [5.74, 6) is -0.0886. The minimum absolute atomic E-state index is 0.0886. The van der Waals surface area contributed by atoms with Gasteiger partial charge in [0.1, 0.15) is 5.60 Å². The summed E-state index contributed by atoms with van der Waals surface area (Å²) in [4.78, 5) is 10.7. The van der Waals surface area contributed by atoms with E-state index in [-0.39, 0.29) is 17.2 Å². The van der Waals surface area contributed by atoms with E-state index in [0.717, 1.165) is 0 Å². The highest BCUT2D eigenvalue weighted by molar-refractivity contribution is 6.33. The quantitative estimate of drug-likeness (QED) is 0.627. The lowest BCUT2D eigenvalue weighted by atomic mass is 10.0. The molecule has 0 spiro atoms. The van der Waals surface area contributed by atoms with Crippen molar-refractivity contribution in [3.63, 3.8) is 0 Å². The van der Waals surface area contributed by atoms with Crippen LogP contribution in [0, 0.1) is 0 Å². The lowest BCUT2D eigenvalue weighted by molar-refractivity contribution is -0.116. The first-order valence-corrected chi connectivity index (χ1v) is 3.59. The Morgan fingerprint density at radius 3 is 2.70 bits per heavy atom. The molecule has 0 fully saturated rings. The van der Waals surface area contributed by atoms with Crippen LogP contribution in [0.5, 0.6) is 0 Å². The number of hydrogen-bond acceptors (Lipinski definition) is 2. The number of hydrogen-bond donors (Lipinski definition) is 1. The summed E-state index contributed by atoms with van der Waals surface area (Å²) < 4.78 is 0. The van der Waals surface area contributed by atoms with E-state index in [1.807, 2.05) is 0 Å². The van der Waals surface area contributed by atoms with Gasteiger partial charge in [0.25, 0.3) is 0 Å². The number of aliphatic hydroxyl groups is 1. The van der Waals surface area contributed by atoms with Crippen molar-refractivity contribution in [2.45, 2.75) is 25.4 Å². The van der Waals surface area contributed by atoms with E-state index in [1.54, 1.807) is 6.92 Å². The second-order valence-corrected chi connectivity index (χ2v) is 2.93. The van der Waals surface area contributed by atoms with E-state index in [0.29, 0.717) is 6.42 Å². The summed E-state index contributed by atoms with van der Waals surface area (Å²) >= 11 is 5.60. The minimum atomic E-state index is -1.06. The van der Waals surface area contributed by atoms with Crippen LogP contribution >= 0.6 is 11.6 Å². The Labute approximate surface area is 64.5 Å². The zero-order chi connectivity index (χ0) is 7.78. The Balaban J connectivity index is 2.86. The first-order valence-electron chi connectivity index (χ1n) is 3.21. The molecule has 0 saturated carbocycles. The van der Waals surface area contributed by atoms with Crippen LogP contribution in [0.4, 0.5) is 0 Å². The average molecular weight is 161 g/mol. The van der Waals surface area contributed by atoms with E-state index < -0.39 is 5.60 Å². The molecule has 1 rings (SSSR count). The molecular formula is C7H9ClO2. The largest absolute Gasteiger partial charge is 0.384 e. The van der Waals surface area contributed by atoms with Crippen molar-refractivity contribution in [1.29, 1.82) is 0 Å². The van der Waals surface area contributed by atoms with Crippen LogP contribution in [0.25, 0.3) is 0 Å². The van der Waals surface area contributed by atoms with E-state index in [4.69, 9.17) is 11.6 Å². The molecule has 1 aliphatic carbocycles. The van der Waals surface area contributed by atoms with Gasteiger partial charge in [0.2, 0.25) is 0 Å². The molecule has 0 radical (unpaired) electrons. The normalized spacial score (nSPS) is 32.7. The van der Waals surface area contributed by atoms with Gasteiger partial charge < -0.3 is 5.11 Å². The predicted octanol–water partition coefficient (Wildman–Crippen LogP) is 1.22. The van der Waals surface area contributed by atoms with Crippen molar-refractivity contribution >= 4 is 17.4 Å². The summed E-state index contributed by atoms with van der Waals surface area (Å²) in [5.41, 5.74) is -1.06. The van der Waals surface area contributed by atoms with Gasteiger partial charge in [-0.15, -0.1) is 0 Å². The Morgan fingerprint density at radius 1 is 1.90 bits per heavy atom. The molecule has 3 heteroatoms. The van der Waals surface area contributed by atoms with Gasteiger partial charge in [0, 0.05) is 6.42 Å². The number of halogens is 1. The van der Waals surface area contributed by atoms with Gasteiger partial charge >= 0.3 is 0 Å². The molecule has 0 aromatic heterocycles. The van der Waals surface area contributed by atoms with Crippen LogP contribution < -0.4 is 0 Å². The zero-order valence-corrected chi connectivity index (χ0v) is 6.48. The maximum atomic E-state index is 10.7. The molecule has 1 aliphatic rings. The molecular weight excluding hydrogens is 152 g/mol. The highest BCUT2D eigenvalue weighted by atomic mass is 35.5. The van der Waals surface area contributed by atoms with Crippen molar-refractivity contribution in [2.24, 2.45) is 0 Å². The molecule has 1 N–H and O–H groups in total. The molecule has 1 atom stereocenters. The van der Waals surface area contributed by atoms with Gasteiger partial charge in [0.15, 0.2) is 5.78 Å². The van der Waals surface area contributed by atoms with E-state index in [1.165, 1.54) is 6.08 Å². The third kappa shape index (κ3) is 1.09. The Hall–Kier alpha value is -0.340. The topological polar surface area (TPSA) is 37.3 Å². The van der Waals surface area contributed by atoms with Crippen LogP contribution in [0.15, 0.2) is 11.1 Å². The van der Waals surface area contributed by atoms with E-state index in [9.17, 15) is 9.90 Å². The molecule has 0 aromatic rings. The molecule has 0 heterocycles. The molecule has 0 saturated heterocycles. The fourth-order valence-corrected chi connectivity index (χ4v) is 1.32. The van der Waals surface area contributed by atoms with Gasteiger partial charge in [-0.3, -0.25) is 4.79 Å². The van der Waals surface area contributed by atoms with Crippen LogP contribution in [0.2, 0.25) is 0 Å². The first kappa shape index (κ1) is 7.76. The third-order valence-electron chi connectivity index (χ3n) is 1.78. The van der Waals surface area contributed by atoms with Gasteiger partial charge in [0.05, 0.1) is 5.03 Å². The Bertz CT molecular complexity index is 198. The highest BCUT2D eigenvalue weighted by Gasteiger charge is 2.36. The third-order valence-corrected chi connectivity index (χ3v) is 2.24. The second-order valence-electron chi connectivity index (χ2n) is 2.52. The van der Waals surface area contributed by atoms with Crippen molar-refractivity contribution in [3.8, 4) is 0 Å². The van der Waals surface area contributed by atoms with E-state index in [2.05, 4.69) is 0 Å². The Morgan fingerprint density at radius 2 is 2.50 bits per heavy atom. The number of ketones is 1. The van der Waals surface area contributed by atoms with Gasteiger partial charge in [-0.25, -0.2) is 0 Å². The first-order chi connectivity index (χ1) is 4.58. The van der Waals surface area contributed by atoms with Crippen LogP contribution in [-0.2, 0) is 4.79 Å². The predicted molar refractivity (Wildman–Crippen MR) is 38.8 cm³/mol. The van der Waals surface area contributed by atoms with Crippen molar-refractivity contribution in [3.05, 3.63) is 11.1 Å². The Kier molecular flexibility index (Phi) is 1.84. The smallest absolute Gasteiger partial charge is 0.160 e. The fraction of sp³-hybridized carbons (Fsp3) is 0.571. The maximum absolute atomic E-state index is 10.7. The molecule has 0 aromatic carbocycles. The van der Waals surface area contributed by atoms with Gasteiger partial charge in [-0.2, -0.15) is 0 Å². The number of carbonyl (C=O) groups excluding carboxylic acids is 1. The summed E-state index contributed by atoms with van der Waals surface area (Å²) in [5, 5.41) is 9.80. The minimum Gasteiger partial charge on any atom is -0.384 e. The number of allylic oxidation sites excluding steroid dienone is 1. The standard InChI is InChI=1S/C7H9ClO2/c1-2-7(10)4-5(9)3-6(7)8/h3,10H,2,4H2,1H3. The van der Waals surface area contributed by atoms with Crippen molar-refractivity contribution < 1.29 is 9.90 Å². The monoisotopic (exact) mass is 160 g/mol.